The molecule has 2 aliphatic heterocycles. The predicted molar refractivity (Wildman–Crippen MR) is 119 cm³/mol. The van der Waals surface area contributed by atoms with Crippen LogP contribution in [0.2, 0.25) is 0 Å². The molecule has 2 bridgehead atoms. The number of carboxylic acids is 1. The molecule has 0 spiro atoms. The summed E-state index contributed by atoms with van der Waals surface area (Å²) in [5.74, 6) is 5.85. The molecule has 158 valence electrons. The fraction of sp³-hybridized carbons (Fsp3) is 0.955. The Kier molecular flexibility index (Phi) is 12.3. The molecule has 0 aromatic heterocycles. The summed E-state index contributed by atoms with van der Waals surface area (Å²) in [4.78, 5) is 10.6. The zero-order chi connectivity index (χ0) is 19.3. The van der Waals surface area contributed by atoms with E-state index < -0.39 is 5.97 Å². The van der Waals surface area contributed by atoms with Crippen LogP contribution in [0.1, 0.15) is 84.0 Å². The number of hydrogen-bond donors (Lipinski definition) is 1. The number of ether oxygens (including phenoxy) is 1. The summed E-state index contributed by atoms with van der Waals surface area (Å²) in [7, 11) is 0. The average Bonchev–Trinajstić information content (AvgIpc) is 3.25. The van der Waals surface area contributed by atoms with Crippen LogP contribution in [0.15, 0.2) is 0 Å². The Bertz CT molecular complexity index is 405. The lowest BCUT2D eigenvalue weighted by Gasteiger charge is -2.27. The summed E-state index contributed by atoms with van der Waals surface area (Å²) in [6.07, 6.45) is 15.3. The van der Waals surface area contributed by atoms with E-state index in [4.69, 9.17) is 9.84 Å². The van der Waals surface area contributed by atoms with Crippen LogP contribution in [0.5, 0.6) is 0 Å². The highest BCUT2D eigenvalue weighted by Gasteiger charge is 2.47. The second-order valence-corrected chi connectivity index (χ2v) is 10.6. The molecule has 1 N–H and O–H groups in total. The van der Waals surface area contributed by atoms with Crippen molar-refractivity contribution < 1.29 is 14.6 Å². The third-order valence-electron chi connectivity index (χ3n) is 6.05. The Morgan fingerprint density at radius 1 is 0.889 bits per heavy atom. The fourth-order valence-electron chi connectivity index (χ4n) is 4.52. The van der Waals surface area contributed by atoms with Crippen molar-refractivity contribution in [3.63, 3.8) is 0 Å². The number of aliphatic carboxylic acids is 1. The molecule has 5 heteroatoms. The van der Waals surface area contributed by atoms with Crippen molar-refractivity contribution >= 4 is 29.5 Å². The fourth-order valence-corrected chi connectivity index (χ4v) is 6.85. The quantitative estimate of drug-likeness (QED) is 0.284. The minimum Gasteiger partial charge on any atom is -0.481 e. The smallest absolute Gasteiger partial charge is 0.303 e. The molecule has 27 heavy (non-hydrogen) atoms. The molecule has 0 aromatic carbocycles. The summed E-state index contributed by atoms with van der Waals surface area (Å²) in [5.41, 5.74) is 0. The maximum atomic E-state index is 10.6. The van der Waals surface area contributed by atoms with Gasteiger partial charge in [-0.25, -0.2) is 0 Å². The van der Waals surface area contributed by atoms with Crippen LogP contribution in [0.3, 0.4) is 0 Å². The van der Waals surface area contributed by atoms with Crippen LogP contribution < -0.4 is 0 Å². The van der Waals surface area contributed by atoms with Gasteiger partial charge in [0.1, 0.15) is 0 Å². The van der Waals surface area contributed by atoms with Gasteiger partial charge in [0.05, 0.1) is 12.2 Å². The predicted octanol–water partition coefficient (Wildman–Crippen LogP) is 6.25. The highest BCUT2D eigenvalue weighted by molar-refractivity contribution is 7.99. The molecular weight excluding hydrogens is 376 g/mol. The van der Waals surface area contributed by atoms with Gasteiger partial charge in [0.15, 0.2) is 0 Å². The molecule has 0 aromatic rings. The van der Waals surface area contributed by atoms with E-state index in [1.54, 1.807) is 0 Å². The monoisotopic (exact) mass is 416 g/mol. The molecular formula is C22H40O3S2. The van der Waals surface area contributed by atoms with Gasteiger partial charge < -0.3 is 9.84 Å². The first-order valence-corrected chi connectivity index (χ1v) is 13.6. The number of rotatable bonds is 17. The lowest BCUT2D eigenvalue weighted by molar-refractivity contribution is -0.137. The van der Waals surface area contributed by atoms with Gasteiger partial charge >= 0.3 is 5.97 Å². The van der Waals surface area contributed by atoms with E-state index in [1.165, 1.54) is 75.0 Å². The molecule has 2 heterocycles. The highest BCUT2D eigenvalue weighted by atomic mass is 32.2. The van der Waals surface area contributed by atoms with Crippen molar-refractivity contribution in [1.82, 2.24) is 0 Å². The number of carbonyl (C=O) groups is 1. The van der Waals surface area contributed by atoms with Crippen LogP contribution in [0, 0.1) is 11.8 Å². The Labute approximate surface area is 175 Å². The van der Waals surface area contributed by atoms with Crippen molar-refractivity contribution in [2.24, 2.45) is 11.8 Å². The molecule has 2 aliphatic rings. The first-order chi connectivity index (χ1) is 13.2. The molecule has 0 saturated carbocycles. The summed E-state index contributed by atoms with van der Waals surface area (Å²) in [5, 5.41) is 8.71. The lowest BCUT2D eigenvalue weighted by Crippen LogP contribution is -2.29. The number of thioether (sulfide) groups is 2. The molecule has 0 unspecified atom stereocenters. The van der Waals surface area contributed by atoms with Crippen molar-refractivity contribution in [2.45, 2.75) is 96.2 Å². The van der Waals surface area contributed by atoms with Crippen molar-refractivity contribution in [2.75, 3.05) is 23.0 Å². The minimum atomic E-state index is -0.666. The Hall–Kier alpha value is 0.130. The van der Waals surface area contributed by atoms with Gasteiger partial charge in [-0.15, -0.1) is 0 Å². The number of unbranched alkanes of at least 4 members (excludes halogenated alkanes) is 5. The summed E-state index contributed by atoms with van der Waals surface area (Å²) in [6.45, 7) is 2.28. The SMILES string of the molecule is CCCCCCSCCCC[C@@H]1[C@H](CSCCCCC(=O)O)[C@@H]2CC[C@H]1O2. The summed E-state index contributed by atoms with van der Waals surface area (Å²) >= 11 is 4.17. The van der Waals surface area contributed by atoms with Crippen molar-refractivity contribution in [3.05, 3.63) is 0 Å². The maximum Gasteiger partial charge on any atom is 0.303 e. The van der Waals surface area contributed by atoms with Crippen LogP contribution in [-0.2, 0) is 9.53 Å². The third-order valence-corrected chi connectivity index (χ3v) is 8.40. The van der Waals surface area contributed by atoms with Crippen LogP contribution in [-0.4, -0.2) is 46.3 Å². The Morgan fingerprint density at radius 2 is 1.56 bits per heavy atom. The van der Waals surface area contributed by atoms with Gasteiger partial charge in [-0.1, -0.05) is 32.6 Å². The summed E-state index contributed by atoms with van der Waals surface area (Å²) < 4.78 is 6.24. The first-order valence-electron chi connectivity index (χ1n) is 11.2. The van der Waals surface area contributed by atoms with Crippen molar-refractivity contribution in [1.29, 1.82) is 0 Å². The second-order valence-electron chi connectivity index (χ2n) is 8.21. The van der Waals surface area contributed by atoms with E-state index in [-0.39, 0.29) is 0 Å². The van der Waals surface area contributed by atoms with Gasteiger partial charge in [-0.2, -0.15) is 23.5 Å². The number of carboxylic acid groups (broad SMARTS) is 1. The van der Waals surface area contributed by atoms with Gasteiger partial charge in [0, 0.05) is 6.42 Å². The van der Waals surface area contributed by atoms with E-state index in [0.29, 0.717) is 18.6 Å². The van der Waals surface area contributed by atoms with Gasteiger partial charge in [-0.05, 0) is 79.8 Å². The zero-order valence-corrected chi connectivity index (χ0v) is 18.8. The minimum absolute atomic E-state index is 0.317. The van der Waals surface area contributed by atoms with E-state index >= 15 is 0 Å². The number of hydrogen-bond acceptors (Lipinski definition) is 4. The van der Waals surface area contributed by atoms with Crippen LogP contribution in [0.4, 0.5) is 0 Å². The van der Waals surface area contributed by atoms with E-state index in [9.17, 15) is 4.79 Å². The standard InChI is InChI=1S/C22H40O3S2/c1-2-3-4-7-14-26-15-8-5-10-18-19(21-13-12-20(18)25-21)17-27-16-9-6-11-22(23)24/h18-21H,2-17H2,1H3,(H,23,24)/t18-,19+,20-,21+/m1/s1. The zero-order valence-electron chi connectivity index (χ0n) is 17.2. The van der Waals surface area contributed by atoms with Crippen molar-refractivity contribution in [3.8, 4) is 0 Å². The van der Waals surface area contributed by atoms with Gasteiger partial charge in [0.25, 0.3) is 0 Å². The van der Waals surface area contributed by atoms with Crippen LogP contribution >= 0.6 is 23.5 Å². The molecule has 0 radical (unpaired) electrons. The molecule has 2 fully saturated rings. The molecule has 0 amide bonds. The molecule has 4 atom stereocenters. The largest absolute Gasteiger partial charge is 0.481 e. The topological polar surface area (TPSA) is 46.5 Å². The molecule has 2 saturated heterocycles. The van der Waals surface area contributed by atoms with Gasteiger partial charge in [0.2, 0.25) is 0 Å². The lowest BCUT2D eigenvalue weighted by atomic mass is 9.78. The third kappa shape index (κ3) is 8.99. The van der Waals surface area contributed by atoms with E-state index in [0.717, 1.165) is 30.4 Å². The molecule has 2 rings (SSSR count). The molecule has 3 nitrogen and oxygen atoms in total. The Balaban J connectivity index is 1.53. The molecule has 0 aliphatic carbocycles. The highest BCUT2D eigenvalue weighted by Crippen LogP contribution is 2.46. The number of fused-ring (bicyclic) bond motifs is 2. The Morgan fingerprint density at radius 3 is 2.30 bits per heavy atom. The second kappa shape index (κ2) is 14.2. The van der Waals surface area contributed by atoms with Crippen LogP contribution in [0.25, 0.3) is 0 Å². The van der Waals surface area contributed by atoms with E-state index in [2.05, 4.69) is 18.7 Å². The maximum absolute atomic E-state index is 10.6. The van der Waals surface area contributed by atoms with E-state index in [1.807, 2.05) is 11.8 Å². The summed E-state index contributed by atoms with van der Waals surface area (Å²) in [6, 6.07) is 0. The normalized spacial score (nSPS) is 26.7. The first kappa shape index (κ1) is 23.4. The average molecular weight is 417 g/mol. The van der Waals surface area contributed by atoms with Gasteiger partial charge in [-0.3, -0.25) is 4.79 Å².